The first kappa shape index (κ1) is 34.5. The molecule has 0 fully saturated rings. The SMILES string of the molecule is Cc1ccc(-c2cc(F)c(C(F)(F)Oc3ccc(C4=CC(F)=C(C(F)(F)Oc5cc(F)c(C)c(F)c5)C(F)C4C)c(F)c3)c(F)c2)cc1. The van der Waals surface area contributed by atoms with E-state index in [1.807, 2.05) is 0 Å². The molecule has 4 aromatic rings. The lowest BCUT2D eigenvalue weighted by atomic mass is 9.82. The zero-order valence-corrected chi connectivity index (χ0v) is 25.1. The van der Waals surface area contributed by atoms with E-state index >= 15 is 22.0 Å². The Balaban J connectivity index is 1.41. The molecule has 2 nitrogen and oxygen atoms in total. The highest BCUT2D eigenvalue weighted by Gasteiger charge is 2.49. The standard InChI is InChI=1S/C35H23F11O2/c1-16-4-6-19(7-5-16)20-10-28(39)31(29(40)11-20)34(43,44)47-21-8-9-23(27(38)12-21)24-15-30(41)32(33(42)17(24)2)35(45,46)48-22-13-25(36)18(3)26(37)14-22/h4-15,17,33H,1-3H3. The highest BCUT2D eigenvalue weighted by molar-refractivity contribution is 5.73. The predicted molar refractivity (Wildman–Crippen MR) is 154 cm³/mol. The van der Waals surface area contributed by atoms with Gasteiger partial charge in [0.15, 0.2) is 0 Å². The van der Waals surface area contributed by atoms with Gasteiger partial charge in [0.25, 0.3) is 0 Å². The van der Waals surface area contributed by atoms with E-state index in [0.29, 0.717) is 42.0 Å². The Bertz CT molecular complexity index is 1900. The third-order valence-electron chi connectivity index (χ3n) is 7.77. The van der Waals surface area contributed by atoms with Gasteiger partial charge in [-0.3, -0.25) is 0 Å². The monoisotopic (exact) mass is 684 g/mol. The number of hydrogen-bond donors (Lipinski definition) is 0. The number of halogens is 11. The molecule has 48 heavy (non-hydrogen) atoms. The van der Waals surface area contributed by atoms with Gasteiger partial charge < -0.3 is 9.47 Å². The molecule has 13 heteroatoms. The average molecular weight is 685 g/mol. The van der Waals surface area contributed by atoms with Crippen LogP contribution >= 0.6 is 0 Å². The first-order chi connectivity index (χ1) is 22.4. The highest BCUT2D eigenvalue weighted by Crippen LogP contribution is 2.46. The van der Waals surface area contributed by atoms with E-state index in [1.54, 1.807) is 19.1 Å². The van der Waals surface area contributed by atoms with Gasteiger partial charge in [-0.25, -0.2) is 30.7 Å². The van der Waals surface area contributed by atoms with Crippen molar-refractivity contribution in [1.29, 1.82) is 0 Å². The Morgan fingerprint density at radius 1 is 0.604 bits per heavy atom. The molecular weight excluding hydrogens is 661 g/mol. The normalized spacial score (nSPS) is 17.0. The van der Waals surface area contributed by atoms with E-state index in [1.165, 1.54) is 12.1 Å². The van der Waals surface area contributed by atoms with Crippen LogP contribution in [0, 0.1) is 48.9 Å². The van der Waals surface area contributed by atoms with Crippen molar-refractivity contribution in [2.75, 3.05) is 0 Å². The van der Waals surface area contributed by atoms with Crippen LogP contribution in [0.5, 0.6) is 11.5 Å². The largest absolute Gasteiger partial charge is 0.432 e. The Hall–Kier alpha value is -4.81. The molecule has 0 N–H and O–H groups in total. The summed E-state index contributed by atoms with van der Waals surface area (Å²) in [7, 11) is 0. The molecule has 1 aliphatic rings. The van der Waals surface area contributed by atoms with Crippen LogP contribution < -0.4 is 9.47 Å². The molecule has 2 atom stereocenters. The minimum Gasteiger partial charge on any atom is -0.429 e. The van der Waals surface area contributed by atoms with Crippen LogP contribution in [-0.4, -0.2) is 12.3 Å². The number of hydrogen-bond acceptors (Lipinski definition) is 2. The number of ether oxygens (including phenoxy) is 2. The maximum Gasteiger partial charge on any atom is 0.432 e. The number of allylic oxidation sites excluding steroid dienone is 3. The maximum absolute atomic E-state index is 15.3. The molecule has 1 aliphatic carbocycles. The summed E-state index contributed by atoms with van der Waals surface area (Å²) in [5.74, 6) is -12.8. The summed E-state index contributed by atoms with van der Waals surface area (Å²) in [6.07, 6.45) is -11.9. The summed E-state index contributed by atoms with van der Waals surface area (Å²) < 4.78 is 171. The summed E-state index contributed by atoms with van der Waals surface area (Å²) in [6, 6.07) is 10.4. The fraction of sp³-hybridized carbons (Fsp3) is 0.200. The minimum atomic E-state index is -4.75. The first-order valence-electron chi connectivity index (χ1n) is 14.1. The summed E-state index contributed by atoms with van der Waals surface area (Å²) in [4.78, 5) is 0. The number of benzene rings is 4. The topological polar surface area (TPSA) is 18.5 Å². The number of rotatable bonds is 8. The van der Waals surface area contributed by atoms with Crippen molar-refractivity contribution in [3.05, 3.63) is 136 Å². The molecule has 0 aromatic heterocycles. The van der Waals surface area contributed by atoms with Crippen LogP contribution in [0.4, 0.5) is 48.3 Å². The molecule has 0 spiro atoms. The van der Waals surface area contributed by atoms with Crippen molar-refractivity contribution in [2.24, 2.45) is 5.92 Å². The molecule has 0 bridgehead atoms. The maximum atomic E-state index is 15.3. The van der Waals surface area contributed by atoms with Crippen LogP contribution in [0.25, 0.3) is 16.7 Å². The van der Waals surface area contributed by atoms with Gasteiger partial charge in [-0.05, 0) is 60.9 Å². The average Bonchev–Trinajstić information content (AvgIpc) is 2.97. The van der Waals surface area contributed by atoms with Crippen LogP contribution in [0.15, 0.2) is 84.2 Å². The predicted octanol–water partition coefficient (Wildman–Crippen LogP) is 11.1. The molecule has 5 rings (SSSR count). The van der Waals surface area contributed by atoms with Gasteiger partial charge >= 0.3 is 12.2 Å². The third kappa shape index (κ3) is 6.63. The van der Waals surface area contributed by atoms with E-state index in [-0.39, 0.29) is 5.56 Å². The number of alkyl halides is 5. The zero-order chi connectivity index (χ0) is 35.3. The molecule has 0 saturated heterocycles. The van der Waals surface area contributed by atoms with Crippen molar-refractivity contribution in [3.8, 4) is 22.6 Å². The van der Waals surface area contributed by atoms with Gasteiger partial charge in [0.05, 0.1) is 0 Å². The molecule has 0 radical (unpaired) electrons. The fourth-order valence-corrected chi connectivity index (χ4v) is 5.15. The van der Waals surface area contributed by atoms with E-state index in [2.05, 4.69) is 9.47 Å². The fourth-order valence-electron chi connectivity index (χ4n) is 5.15. The van der Waals surface area contributed by atoms with Crippen LogP contribution in [-0.2, 0) is 6.11 Å². The second-order valence-electron chi connectivity index (χ2n) is 11.1. The second-order valence-corrected chi connectivity index (χ2v) is 11.1. The van der Waals surface area contributed by atoms with E-state index < -0.39 is 98.6 Å². The first-order valence-corrected chi connectivity index (χ1v) is 14.1. The summed E-state index contributed by atoms with van der Waals surface area (Å²) in [5, 5.41) is 0. The van der Waals surface area contributed by atoms with E-state index in [4.69, 9.17) is 0 Å². The van der Waals surface area contributed by atoms with Crippen LogP contribution in [0.2, 0.25) is 0 Å². The lowest BCUT2D eigenvalue weighted by molar-refractivity contribution is -0.189. The van der Waals surface area contributed by atoms with Gasteiger partial charge in [0.2, 0.25) is 0 Å². The molecule has 252 valence electrons. The third-order valence-corrected chi connectivity index (χ3v) is 7.77. The zero-order valence-electron chi connectivity index (χ0n) is 25.1. The molecule has 4 aromatic carbocycles. The quantitative estimate of drug-likeness (QED) is 0.172. The molecule has 0 saturated carbocycles. The summed E-state index contributed by atoms with van der Waals surface area (Å²) in [6.45, 7) is 3.79. The highest BCUT2D eigenvalue weighted by atomic mass is 19.3. The Kier molecular flexibility index (Phi) is 9.11. The van der Waals surface area contributed by atoms with E-state index in [0.717, 1.165) is 31.5 Å². The molecule has 0 amide bonds. The van der Waals surface area contributed by atoms with Gasteiger partial charge in [-0.2, -0.15) is 17.6 Å². The van der Waals surface area contributed by atoms with Crippen LogP contribution in [0.3, 0.4) is 0 Å². The van der Waals surface area contributed by atoms with Crippen molar-refractivity contribution in [1.82, 2.24) is 0 Å². The van der Waals surface area contributed by atoms with Crippen molar-refractivity contribution in [2.45, 2.75) is 39.2 Å². The Morgan fingerprint density at radius 2 is 1.15 bits per heavy atom. The molecule has 0 heterocycles. The van der Waals surface area contributed by atoms with Gasteiger partial charge in [0, 0.05) is 35.2 Å². The number of aryl methyl sites for hydroxylation is 1. The van der Waals surface area contributed by atoms with Gasteiger partial charge in [0.1, 0.15) is 63.7 Å². The van der Waals surface area contributed by atoms with Gasteiger partial charge in [-0.15, -0.1) is 0 Å². The van der Waals surface area contributed by atoms with Crippen molar-refractivity contribution >= 4 is 5.57 Å². The van der Waals surface area contributed by atoms with Crippen molar-refractivity contribution < 1.29 is 57.8 Å². The minimum absolute atomic E-state index is 0.0345. The lowest BCUT2D eigenvalue weighted by Gasteiger charge is -2.31. The van der Waals surface area contributed by atoms with Gasteiger partial charge in [-0.1, -0.05) is 36.8 Å². The smallest absolute Gasteiger partial charge is 0.429 e. The summed E-state index contributed by atoms with van der Waals surface area (Å²) >= 11 is 0. The molecule has 0 aliphatic heterocycles. The van der Waals surface area contributed by atoms with E-state index in [9.17, 15) is 26.3 Å². The molecular formula is C35H23F11O2. The van der Waals surface area contributed by atoms with Crippen molar-refractivity contribution in [3.63, 3.8) is 0 Å². The molecule has 2 unspecified atom stereocenters. The summed E-state index contributed by atoms with van der Waals surface area (Å²) in [5.41, 5.74) is -4.04. The Labute approximate surface area is 266 Å². The Morgan fingerprint density at radius 3 is 1.71 bits per heavy atom. The second kappa shape index (κ2) is 12.7. The van der Waals surface area contributed by atoms with Crippen LogP contribution in [0.1, 0.15) is 29.2 Å². The lowest BCUT2D eigenvalue weighted by Crippen LogP contribution is -2.37.